The number of amides is 2. The molecule has 3 rings (SSSR count). The molecule has 0 radical (unpaired) electrons. The maximum Gasteiger partial charge on any atom is 0.319 e. The monoisotopic (exact) mass is 336 g/mol. The Morgan fingerprint density at radius 2 is 1.92 bits per heavy atom. The van der Waals surface area contributed by atoms with E-state index in [1.807, 2.05) is 65.5 Å². The summed E-state index contributed by atoms with van der Waals surface area (Å²) in [5, 5.41) is 19.1. The van der Waals surface area contributed by atoms with Gasteiger partial charge in [0.2, 0.25) is 0 Å². The Morgan fingerprint density at radius 3 is 2.68 bits per heavy atom. The van der Waals surface area contributed by atoms with Gasteiger partial charge in [0.25, 0.3) is 0 Å². The Kier molecular flexibility index (Phi) is 5.43. The molecule has 128 valence electrons. The second-order valence-corrected chi connectivity index (χ2v) is 5.64. The van der Waals surface area contributed by atoms with Gasteiger partial charge in [0.15, 0.2) is 0 Å². The highest BCUT2D eigenvalue weighted by atomic mass is 16.3. The number of aliphatic hydroxyl groups excluding tert-OH is 1. The molecule has 25 heavy (non-hydrogen) atoms. The van der Waals surface area contributed by atoms with Gasteiger partial charge in [-0.2, -0.15) is 5.10 Å². The minimum Gasteiger partial charge on any atom is -0.392 e. The van der Waals surface area contributed by atoms with E-state index in [0.29, 0.717) is 13.1 Å². The van der Waals surface area contributed by atoms with Gasteiger partial charge in [0.05, 0.1) is 13.2 Å². The summed E-state index contributed by atoms with van der Waals surface area (Å²) in [5.41, 5.74) is 3.47. The third-order valence-electron chi connectivity index (χ3n) is 3.82. The number of carbonyl (C=O) groups is 1. The molecule has 1 heterocycles. The fourth-order valence-electron chi connectivity index (χ4n) is 2.56. The minimum atomic E-state index is -0.288. The maximum absolute atomic E-state index is 12.1. The lowest BCUT2D eigenvalue weighted by atomic mass is 10.1. The fourth-order valence-corrected chi connectivity index (χ4v) is 2.56. The summed E-state index contributed by atoms with van der Waals surface area (Å²) >= 11 is 0. The molecule has 3 aromatic rings. The third kappa shape index (κ3) is 4.68. The number of hydrogen-bond acceptors (Lipinski definition) is 3. The zero-order valence-corrected chi connectivity index (χ0v) is 13.7. The van der Waals surface area contributed by atoms with E-state index in [-0.39, 0.29) is 12.6 Å². The van der Waals surface area contributed by atoms with Gasteiger partial charge in [-0.15, -0.1) is 0 Å². The zero-order chi connectivity index (χ0) is 17.5. The van der Waals surface area contributed by atoms with Crippen molar-refractivity contribution in [2.45, 2.75) is 19.7 Å². The van der Waals surface area contributed by atoms with Crippen LogP contribution < -0.4 is 10.6 Å². The first-order valence-electron chi connectivity index (χ1n) is 8.03. The van der Waals surface area contributed by atoms with Crippen molar-refractivity contribution in [1.82, 2.24) is 15.1 Å². The smallest absolute Gasteiger partial charge is 0.319 e. The van der Waals surface area contributed by atoms with E-state index in [1.165, 1.54) is 0 Å². The molecule has 0 spiro atoms. The number of anilines is 1. The summed E-state index contributed by atoms with van der Waals surface area (Å²) in [7, 11) is 0. The average Bonchev–Trinajstić information content (AvgIpc) is 3.13. The number of aromatic nitrogens is 2. The van der Waals surface area contributed by atoms with Crippen LogP contribution in [0.25, 0.3) is 0 Å². The number of nitrogens with one attached hydrogen (secondary N) is 2. The van der Waals surface area contributed by atoms with Crippen LogP contribution >= 0.6 is 0 Å². The first-order valence-corrected chi connectivity index (χ1v) is 8.03. The van der Waals surface area contributed by atoms with Crippen molar-refractivity contribution in [2.75, 3.05) is 5.32 Å². The molecule has 6 heteroatoms. The summed E-state index contributed by atoms with van der Waals surface area (Å²) in [6.45, 7) is 0.957. The standard InChI is InChI=1S/C19H20N4O2/c24-14-17-7-2-1-6-16(17)12-20-19(25)22-18-8-3-5-15(11-18)13-23-10-4-9-21-23/h1-11,24H,12-14H2,(H2,20,22,25). The molecule has 1 aromatic heterocycles. The van der Waals surface area contributed by atoms with Crippen molar-refractivity contribution in [2.24, 2.45) is 0 Å². The molecule has 6 nitrogen and oxygen atoms in total. The van der Waals surface area contributed by atoms with Crippen LogP contribution in [-0.4, -0.2) is 20.9 Å². The molecule has 0 unspecified atom stereocenters. The van der Waals surface area contributed by atoms with Crippen LogP contribution in [0.4, 0.5) is 10.5 Å². The lowest BCUT2D eigenvalue weighted by Gasteiger charge is -2.11. The van der Waals surface area contributed by atoms with Crippen LogP contribution in [0.2, 0.25) is 0 Å². The molecule has 2 aromatic carbocycles. The van der Waals surface area contributed by atoms with Crippen molar-refractivity contribution in [3.05, 3.63) is 83.7 Å². The fraction of sp³-hybridized carbons (Fsp3) is 0.158. The van der Waals surface area contributed by atoms with Crippen LogP contribution in [0.5, 0.6) is 0 Å². The zero-order valence-electron chi connectivity index (χ0n) is 13.7. The second kappa shape index (κ2) is 8.12. The molecule has 0 saturated carbocycles. The summed E-state index contributed by atoms with van der Waals surface area (Å²) in [6.07, 6.45) is 3.63. The number of benzene rings is 2. The Labute approximate surface area is 146 Å². The van der Waals surface area contributed by atoms with Crippen molar-refractivity contribution in [3.8, 4) is 0 Å². The molecule has 0 aliphatic rings. The number of aliphatic hydroxyl groups is 1. The van der Waals surface area contributed by atoms with E-state index < -0.39 is 0 Å². The minimum absolute atomic E-state index is 0.0467. The molecule has 0 saturated heterocycles. The van der Waals surface area contributed by atoms with Gasteiger partial charge in [-0.1, -0.05) is 36.4 Å². The van der Waals surface area contributed by atoms with Gasteiger partial charge in [0.1, 0.15) is 0 Å². The summed E-state index contributed by atoms with van der Waals surface area (Å²) in [5.74, 6) is 0. The van der Waals surface area contributed by atoms with E-state index >= 15 is 0 Å². The Hall–Kier alpha value is -3.12. The predicted octanol–water partition coefficient (Wildman–Crippen LogP) is 2.75. The van der Waals surface area contributed by atoms with Crippen molar-refractivity contribution < 1.29 is 9.90 Å². The summed E-state index contributed by atoms with van der Waals surface area (Å²) < 4.78 is 1.82. The Morgan fingerprint density at radius 1 is 1.08 bits per heavy atom. The average molecular weight is 336 g/mol. The highest BCUT2D eigenvalue weighted by Crippen LogP contribution is 2.12. The summed E-state index contributed by atoms with van der Waals surface area (Å²) in [4.78, 5) is 12.1. The third-order valence-corrected chi connectivity index (χ3v) is 3.82. The molecule has 0 bridgehead atoms. The lowest BCUT2D eigenvalue weighted by molar-refractivity contribution is 0.251. The van der Waals surface area contributed by atoms with Gasteiger partial charge in [-0.25, -0.2) is 4.79 Å². The Balaban J connectivity index is 1.57. The van der Waals surface area contributed by atoms with Crippen molar-refractivity contribution in [1.29, 1.82) is 0 Å². The highest BCUT2D eigenvalue weighted by Gasteiger charge is 2.05. The van der Waals surface area contributed by atoms with Gasteiger partial charge >= 0.3 is 6.03 Å². The molecular formula is C19H20N4O2. The van der Waals surface area contributed by atoms with Gasteiger partial charge in [0, 0.05) is 24.6 Å². The summed E-state index contributed by atoms with van der Waals surface area (Å²) in [6, 6.07) is 16.7. The predicted molar refractivity (Wildman–Crippen MR) is 96.0 cm³/mol. The van der Waals surface area contributed by atoms with Gasteiger partial charge < -0.3 is 15.7 Å². The first kappa shape index (κ1) is 16.7. The number of hydrogen-bond donors (Lipinski definition) is 3. The SMILES string of the molecule is O=C(NCc1ccccc1CO)Nc1cccc(Cn2cccn2)c1. The number of carbonyl (C=O) groups excluding carboxylic acids is 1. The van der Waals surface area contributed by atoms with Crippen LogP contribution in [-0.2, 0) is 19.7 Å². The number of nitrogens with zero attached hydrogens (tertiary/aromatic N) is 2. The van der Waals surface area contributed by atoms with Gasteiger partial charge in [-0.05, 0) is 34.9 Å². The first-order chi connectivity index (χ1) is 12.2. The van der Waals surface area contributed by atoms with Crippen molar-refractivity contribution in [3.63, 3.8) is 0 Å². The van der Waals surface area contributed by atoms with E-state index in [2.05, 4.69) is 15.7 Å². The second-order valence-electron chi connectivity index (χ2n) is 5.64. The molecule has 0 fully saturated rings. The van der Waals surface area contributed by atoms with Crippen LogP contribution in [0, 0.1) is 0 Å². The maximum atomic E-state index is 12.1. The molecule has 0 atom stereocenters. The lowest BCUT2D eigenvalue weighted by Crippen LogP contribution is -2.28. The normalized spacial score (nSPS) is 10.4. The largest absolute Gasteiger partial charge is 0.392 e. The number of urea groups is 1. The van der Waals surface area contributed by atoms with Crippen LogP contribution in [0.1, 0.15) is 16.7 Å². The molecular weight excluding hydrogens is 316 g/mol. The molecule has 3 N–H and O–H groups in total. The highest BCUT2D eigenvalue weighted by molar-refractivity contribution is 5.89. The van der Waals surface area contributed by atoms with Crippen LogP contribution in [0.3, 0.4) is 0 Å². The topological polar surface area (TPSA) is 79.2 Å². The molecule has 0 aliphatic heterocycles. The molecule has 2 amide bonds. The van der Waals surface area contributed by atoms with E-state index in [4.69, 9.17) is 0 Å². The van der Waals surface area contributed by atoms with Crippen LogP contribution in [0.15, 0.2) is 67.0 Å². The van der Waals surface area contributed by atoms with Gasteiger partial charge in [-0.3, -0.25) is 4.68 Å². The van der Waals surface area contributed by atoms with E-state index in [1.54, 1.807) is 6.20 Å². The molecule has 0 aliphatic carbocycles. The Bertz CT molecular complexity index is 831. The quantitative estimate of drug-likeness (QED) is 0.647. The van der Waals surface area contributed by atoms with E-state index in [0.717, 1.165) is 22.4 Å². The van der Waals surface area contributed by atoms with Crippen molar-refractivity contribution >= 4 is 11.7 Å². The van der Waals surface area contributed by atoms with E-state index in [9.17, 15) is 9.90 Å². The number of rotatable bonds is 6.